The van der Waals surface area contributed by atoms with Crippen molar-refractivity contribution in [1.82, 2.24) is 4.98 Å². The molecule has 5 nitrogen and oxygen atoms in total. The fraction of sp³-hybridized carbons (Fsp3) is 0. The number of nitrogens with one attached hydrogen (secondary N) is 2. The molecule has 0 fully saturated rings. The van der Waals surface area contributed by atoms with Crippen molar-refractivity contribution in [1.29, 1.82) is 5.26 Å². The lowest BCUT2D eigenvalue weighted by atomic mass is 10.2. The second-order valence-electron chi connectivity index (χ2n) is 5.36. The summed E-state index contributed by atoms with van der Waals surface area (Å²) in [6.07, 6.45) is 1.54. The van der Waals surface area contributed by atoms with Gasteiger partial charge in [0.15, 0.2) is 0 Å². The fourth-order valence-electron chi connectivity index (χ4n) is 2.26. The molecule has 0 bridgehead atoms. The molecule has 0 aliphatic carbocycles. The third-order valence-corrected chi connectivity index (χ3v) is 3.83. The van der Waals surface area contributed by atoms with Gasteiger partial charge in [-0.15, -0.1) is 0 Å². The van der Waals surface area contributed by atoms with E-state index in [9.17, 15) is 4.79 Å². The van der Waals surface area contributed by atoms with Crippen LogP contribution < -0.4 is 10.6 Å². The number of benzene rings is 2. The minimum Gasteiger partial charge on any atom is -0.354 e. The number of halogens is 2. The van der Waals surface area contributed by atoms with Gasteiger partial charge >= 0.3 is 0 Å². The van der Waals surface area contributed by atoms with Gasteiger partial charge in [-0.25, -0.2) is 4.98 Å². The quantitative estimate of drug-likeness (QED) is 0.645. The number of hydrogen-bond acceptors (Lipinski definition) is 4. The Morgan fingerprint density at radius 3 is 2.38 bits per heavy atom. The molecule has 128 valence electrons. The van der Waals surface area contributed by atoms with Gasteiger partial charge in [0.2, 0.25) is 0 Å². The van der Waals surface area contributed by atoms with Crippen LogP contribution in [0.5, 0.6) is 0 Å². The van der Waals surface area contributed by atoms with E-state index in [0.29, 0.717) is 27.0 Å². The number of carbonyl (C=O) groups is 1. The molecule has 2 N–H and O–H groups in total. The molecule has 3 aromatic rings. The van der Waals surface area contributed by atoms with E-state index in [2.05, 4.69) is 21.7 Å². The van der Waals surface area contributed by atoms with Crippen LogP contribution in [0.3, 0.4) is 0 Å². The van der Waals surface area contributed by atoms with Gasteiger partial charge in [0, 0.05) is 21.4 Å². The van der Waals surface area contributed by atoms with E-state index in [0.717, 1.165) is 5.69 Å². The van der Waals surface area contributed by atoms with Crippen molar-refractivity contribution in [3.8, 4) is 6.07 Å². The summed E-state index contributed by atoms with van der Waals surface area (Å²) in [4.78, 5) is 16.4. The maximum absolute atomic E-state index is 12.3. The first-order valence-electron chi connectivity index (χ1n) is 7.54. The van der Waals surface area contributed by atoms with Crippen LogP contribution in [0, 0.1) is 11.3 Å². The van der Waals surface area contributed by atoms with Crippen molar-refractivity contribution >= 4 is 46.2 Å². The zero-order valence-corrected chi connectivity index (χ0v) is 14.8. The molecular weight excluding hydrogens is 371 g/mol. The van der Waals surface area contributed by atoms with Crippen molar-refractivity contribution < 1.29 is 4.79 Å². The second kappa shape index (κ2) is 7.87. The predicted molar refractivity (Wildman–Crippen MR) is 103 cm³/mol. The molecule has 1 amide bonds. The monoisotopic (exact) mass is 382 g/mol. The van der Waals surface area contributed by atoms with Gasteiger partial charge in [0.05, 0.1) is 23.5 Å². The summed E-state index contributed by atoms with van der Waals surface area (Å²) in [5.41, 5.74) is 2.75. The largest absolute Gasteiger partial charge is 0.354 e. The van der Waals surface area contributed by atoms with Crippen molar-refractivity contribution in [2.75, 3.05) is 10.6 Å². The Bertz CT molecular complexity index is 977. The Morgan fingerprint density at radius 1 is 0.962 bits per heavy atom. The van der Waals surface area contributed by atoms with E-state index in [-0.39, 0.29) is 11.6 Å². The lowest BCUT2D eigenvalue weighted by Gasteiger charge is -2.08. The maximum Gasteiger partial charge on any atom is 0.274 e. The highest BCUT2D eigenvalue weighted by molar-refractivity contribution is 6.35. The Morgan fingerprint density at radius 2 is 1.73 bits per heavy atom. The summed E-state index contributed by atoms with van der Waals surface area (Å²) in [5, 5.41) is 15.6. The van der Waals surface area contributed by atoms with Crippen LogP contribution in [-0.2, 0) is 0 Å². The molecule has 0 aliphatic heterocycles. The summed E-state index contributed by atoms with van der Waals surface area (Å²) in [6, 6.07) is 17.3. The molecule has 0 unspecified atom stereocenters. The Kier molecular flexibility index (Phi) is 5.37. The van der Waals surface area contributed by atoms with E-state index < -0.39 is 0 Å². The van der Waals surface area contributed by atoms with Crippen molar-refractivity contribution in [2.24, 2.45) is 0 Å². The molecule has 0 saturated carbocycles. The minimum absolute atomic E-state index is 0.248. The van der Waals surface area contributed by atoms with Crippen LogP contribution in [-0.4, -0.2) is 10.9 Å². The van der Waals surface area contributed by atoms with Gasteiger partial charge in [-0.3, -0.25) is 4.79 Å². The number of nitriles is 1. The smallest absolute Gasteiger partial charge is 0.274 e. The van der Waals surface area contributed by atoms with Gasteiger partial charge in [0.25, 0.3) is 5.91 Å². The molecule has 0 saturated heterocycles. The van der Waals surface area contributed by atoms with Crippen molar-refractivity contribution in [3.05, 3.63) is 82.1 Å². The molecule has 0 spiro atoms. The third kappa shape index (κ3) is 4.51. The average molecular weight is 383 g/mol. The van der Waals surface area contributed by atoms with Crippen LogP contribution in [0.1, 0.15) is 16.1 Å². The van der Waals surface area contributed by atoms with Gasteiger partial charge in [-0.1, -0.05) is 29.3 Å². The standard InChI is InChI=1S/C19H12Cl2N4O/c20-13-7-14(21)9-17(8-13)25-19(26)18-5-4-16(11-23-18)24-15-3-1-2-12(6-15)10-22/h1-9,11,24H,(H,25,26). The van der Waals surface area contributed by atoms with Crippen LogP contribution >= 0.6 is 23.2 Å². The number of pyridine rings is 1. The van der Waals surface area contributed by atoms with Crippen molar-refractivity contribution in [3.63, 3.8) is 0 Å². The first-order chi connectivity index (χ1) is 12.5. The van der Waals surface area contributed by atoms with E-state index in [1.54, 1.807) is 54.7 Å². The Balaban J connectivity index is 1.70. The number of anilines is 3. The predicted octanol–water partition coefficient (Wildman–Crippen LogP) is 5.26. The number of nitrogens with zero attached hydrogens (tertiary/aromatic N) is 2. The number of carbonyl (C=O) groups excluding carboxylic acids is 1. The molecular formula is C19H12Cl2N4O. The zero-order valence-electron chi connectivity index (χ0n) is 13.3. The topological polar surface area (TPSA) is 77.8 Å². The van der Waals surface area contributed by atoms with Gasteiger partial charge in [-0.2, -0.15) is 5.26 Å². The normalized spacial score (nSPS) is 10.0. The highest BCUT2D eigenvalue weighted by atomic mass is 35.5. The molecule has 0 radical (unpaired) electrons. The Labute approximate surface area is 160 Å². The minimum atomic E-state index is -0.374. The van der Waals surface area contributed by atoms with Crippen LogP contribution in [0.25, 0.3) is 0 Å². The number of amides is 1. The van der Waals surface area contributed by atoms with E-state index in [1.807, 2.05) is 6.07 Å². The molecule has 1 aromatic heterocycles. The highest BCUT2D eigenvalue weighted by Gasteiger charge is 2.09. The summed E-state index contributed by atoms with van der Waals surface area (Å²) in [7, 11) is 0. The Hall–Kier alpha value is -3.07. The van der Waals surface area contributed by atoms with Crippen LogP contribution in [0.15, 0.2) is 60.8 Å². The molecule has 2 aromatic carbocycles. The zero-order chi connectivity index (χ0) is 18.5. The summed E-state index contributed by atoms with van der Waals surface area (Å²) in [5.74, 6) is -0.374. The summed E-state index contributed by atoms with van der Waals surface area (Å²) >= 11 is 11.8. The first-order valence-corrected chi connectivity index (χ1v) is 8.30. The lowest BCUT2D eigenvalue weighted by Crippen LogP contribution is -2.13. The number of rotatable bonds is 4. The second-order valence-corrected chi connectivity index (χ2v) is 6.23. The van der Waals surface area contributed by atoms with Crippen LogP contribution in [0.2, 0.25) is 10.0 Å². The molecule has 26 heavy (non-hydrogen) atoms. The summed E-state index contributed by atoms with van der Waals surface area (Å²) in [6.45, 7) is 0. The maximum atomic E-state index is 12.3. The van der Waals surface area contributed by atoms with Crippen LogP contribution in [0.4, 0.5) is 17.1 Å². The lowest BCUT2D eigenvalue weighted by molar-refractivity contribution is 0.102. The van der Waals surface area contributed by atoms with E-state index >= 15 is 0 Å². The highest BCUT2D eigenvalue weighted by Crippen LogP contribution is 2.23. The molecule has 7 heteroatoms. The number of aromatic nitrogens is 1. The fourth-order valence-corrected chi connectivity index (χ4v) is 2.78. The third-order valence-electron chi connectivity index (χ3n) is 3.40. The molecule has 1 heterocycles. The SMILES string of the molecule is N#Cc1cccc(Nc2ccc(C(=O)Nc3cc(Cl)cc(Cl)c3)nc2)c1. The van der Waals surface area contributed by atoms with E-state index in [4.69, 9.17) is 28.5 Å². The van der Waals surface area contributed by atoms with Gasteiger partial charge in [0.1, 0.15) is 5.69 Å². The molecule has 3 rings (SSSR count). The first kappa shape index (κ1) is 17.7. The van der Waals surface area contributed by atoms with E-state index in [1.165, 1.54) is 0 Å². The average Bonchev–Trinajstić information content (AvgIpc) is 2.61. The summed E-state index contributed by atoms with van der Waals surface area (Å²) < 4.78 is 0. The molecule has 0 aliphatic rings. The molecule has 0 atom stereocenters. The van der Waals surface area contributed by atoms with Gasteiger partial charge < -0.3 is 10.6 Å². The van der Waals surface area contributed by atoms with Gasteiger partial charge in [-0.05, 0) is 48.5 Å². The number of hydrogen-bond donors (Lipinski definition) is 2. The van der Waals surface area contributed by atoms with Crippen molar-refractivity contribution in [2.45, 2.75) is 0 Å².